The number of esters is 1. The normalized spacial score (nSPS) is 15.9. The van der Waals surface area contributed by atoms with Crippen LogP contribution in [0.3, 0.4) is 0 Å². The number of carbonyl (C=O) groups is 1. The molecule has 1 aliphatic rings. The number of carbonyl (C=O) groups excluding carboxylic acids is 1. The number of methoxy groups -OCH3 is 2. The largest absolute Gasteiger partial charge is 0.464 e. The zero-order valence-corrected chi connectivity index (χ0v) is 13.0. The average Bonchev–Trinajstić information content (AvgIpc) is 2.88. The molecule has 0 radical (unpaired) electrons. The maximum Gasteiger partial charge on any atom is 0.359 e. The van der Waals surface area contributed by atoms with Crippen LogP contribution in [0.5, 0.6) is 0 Å². The molecule has 0 bridgehead atoms. The number of nitrogen functional groups attached to an aromatic ring is 1. The molecule has 0 amide bonds. The number of anilines is 1. The Labute approximate surface area is 129 Å². The summed E-state index contributed by atoms with van der Waals surface area (Å²) < 4.78 is 22.2. The van der Waals surface area contributed by atoms with Crippen LogP contribution in [-0.4, -0.2) is 56.4 Å². The lowest BCUT2D eigenvalue weighted by Gasteiger charge is -2.23. The molecule has 1 aromatic heterocycles. The highest BCUT2D eigenvalue weighted by molar-refractivity contribution is 5.90. The van der Waals surface area contributed by atoms with Crippen LogP contribution in [0.25, 0.3) is 0 Å². The van der Waals surface area contributed by atoms with Gasteiger partial charge in [-0.15, -0.1) is 0 Å². The van der Waals surface area contributed by atoms with Crippen molar-refractivity contribution in [2.24, 2.45) is 0 Å². The Balaban J connectivity index is 2.20. The van der Waals surface area contributed by atoms with Gasteiger partial charge in [-0.25, -0.2) is 9.48 Å². The van der Waals surface area contributed by atoms with Crippen LogP contribution >= 0.6 is 0 Å². The van der Waals surface area contributed by atoms with E-state index in [0.717, 1.165) is 12.8 Å². The van der Waals surface area contributed by atoms with E-state index >= 15 is 0 Å². The number of hydrogen-bond acceptors (Lipinski definition) is 7. The molecule has 2 rings (SSSR count). The minimum atomic E-state index is -0.511. The molecule has 0 saturated carbocycles. The Hall–Kier alpha value is -1.64. The Bertz CT molecular complexity index is 497. The lowest BCUT2D eigenvalue weighted by Crippen LogP contribution is -2.22. The van der Waals surface area contributed by atoms with Crippen LogP contribution in [-0.2, 0) is 25.6 Å². The van der Waals surface area contributed by atoms with Gasteiger partial charge in [-0.1, -0.05) is 0 Å². The summed E-state index contributed by atoms with van der Waals surface area (Å²) in [6, 6.07) is 0.130. The van der Waals surface area contributed by atoms with Gasteiger partial charge in [0.25, 0.3) is 0 Å². The van der Waals surface area contributed by atoms with Crippen LogP contribution in [0.2, 0.25) is 0 Å². The third kappa shape index (κ3) is 3.76. The second kappa shape index (κ2) is 8.11. The molecule has 8 heteroatoms. The molecule has 0 spiro atoms. The first-order valence-electron chi connectivity index (χ1n) is 7.28. The fourth-order valence-corrected chi connectivity index (χ4v) is 2.41. The van der Waals surface area contributed by atoms with Crippen molar-refractivity contribution in [2.75, 3.05) is 46.4 Å². The SMILES string of the molecule is COCCOCc1c(C(=O)OC)nn(C2CCOCC2)c1N. The molecular weight excluding hydrogens is 290 g/mol. The Kier molecular flexibility index (Phi) is 6.17. The minimum Gasteiger partial charge on any atom is -0.464 e. The Morgan fingerprint density at radius 1 is 1.36 bits per heavy atom. The van der Waals surface area contributed by atoms with Crippen molar-refractivity contribution in [2.45, 2.75) is 25.5 Å². The van der Waals surface area contributed by atoms with Gasteiger partial charge >= 0.3 is 5.97 Å². The monoisotopic (exact) mass is 313 g/mol. The summed E-state index contributed by atoms with van der Waals surface area (Å²) in [5.74, 6) is -0.0624. The van der Waals surface area contributed by atoms with Crippen LogP contribution in [0.4, 0.5) is 5.82 Å². The van der Waals surface area contributed by atoms with Crippen LogP contribution in [0, 0.1) is 0 Å². The first kappa shape index (κ1) is 16.7. The molecule has 0 aromatic carbocycles. The Morgan fingerprint density at radius 3 is 2.73 bits per heavy atom. The molecule has 2 heterocycles. The number of rotatable bonds is 7. The zero-order chi connectivity index (χ0) is 15.9. The van der Waals surface area contributed by atoms with Crippen molar-refractivity contribution in [3.05, 3.63) is 11.3 Å². The van der Waals surface area contributed by atoms with Gasteiger partial charge in [0.1, 0.15) is 5.82 Å². The molecule has 22 heavy (non-hydrogen) atoms. The summed E-state index contributed by atoms with van der Waals surface area (Å²) in [6.45, 7) is 2.41. The predicted octanol–water partition coefficient (Wildman–Crippen LogP) is 0.766. The molecule has 0 aliphatic carbocycles. The summed E-state index contributed by atoms with van der Waals surface area (Å²) in [5, 5.41) is 4.35. The molecule has 0 atom stereocenters. The van der Waals surface area contributed by atoms with E-state index in [4.69, 9.17) is 24.7 Å². The Morgan fingerprint density at radius 2 is 2.09 bits per heavy atom. The molecule has 2 N–H and O–H groups in total. The van der Waals surface area contributed by atoms with Crippen LogP contribution in [0.1, 0.15) is 34.9 Å². The predicted molar refractivity (Wildman–Crippen MR) is 78.6 cm³/mol. The maximum absolute atomic E-state index is 11.9. The second-order valence-corrected chi connectivity index (χ2v) is 5.04. The van der Waals surface area contributed by atoms with E-state index in [9.17, 15) is 4.79 Å². The van der Waals surface area contributed by atoms with Crippen molar-refractivity contribution >= 4 is 11.8 Å². The summed E-state index contributed by atoms with van der Waals surface area (Å²) in [6.07, 6.45) is 1.63. The van der Waals surface area contributed by atoms with Gasteiger partial charge in [-0.3, -0.25) is 0 Å². The number of nitrogens with zero attached hydrogens (tertiary/aromatic N) is 2. The van der Waals surface area contributed by atoms with Crippen molar-refractivity contribution in [1.29, 1.82) is 0 Å². The van der Waals surface area contributed by atoms with Gasteiger partial charge in [0, 0.05) is 20.3 Å². The highest BCUT2D eigenvalue weighted by Crippen LogP contribution is 2.28. The molecule has 0 unspecified atom stereocenters. The summed E-state index contributed by atoms with van der Waals surface area (Å²) in [7, 11) is 2.92. The highest BCUT2D eigenvalue weighted by atomic mass is 16.5. The third-order valence-corrected chi connectivity index (χ3v) is 3.64. The van der Waals surface area contributed by atoms with E-state index in [1.165, 1.54) is 7.11 Å². The van der Waals surface area contributed by atoms with Crippen LogP contribution < -0.4 is 5.73 Å². The van der Waals surface area contributed by atoms with Crippen molar-refractivity contribution in [3.8, 4) is 0 Å². The topological polar surface area (TPSA) is 97.8 Å². The molecule has 1 fully saturated rings. The van der Waals surface area contributed by atoms with E-state index in [0.29, 0.717) is 37.8 Å². The third-order valence-electron chi connectivity index (χ3n) is 3.64. The molecule has 8 nitrogen and oxygen atoms in total. The van der Waals surface area contributed by atoms with Crippen LogP contribution in [0.15, 0.2) is 0 Å². The first-order chi connectivity index (χ1) is 10.7. The van der Waals surface area contributed by atoms with Gasteiger partial charge in [-0.05, 0) is 12.8 Å². The fraction of sp³-hybridized carbons (Fsp3) is 0.714. The minimum absolute atomic E-state index is 0.130. The van der Waals surface area contributed by atoms with Gasteiger partial charge < -0.3 is 24.7 Å². The quantitative estimate of drug-likeness (QED) is 0.586. The molecule has 124 valence electrons. The first-order valence-corrected chi connectivity index (χ1v) is 7.28. The number of nitrogens with two attached hydrogens (primary N) is 1. The van der Waals surface area contributed by atoms with E-state index in [1.54, 1.807) is 11.8 Å². The van der Waals surface area contributed by atoms with Gasteiger partial charge in [-0.2, -0.15) is 5.10 Å². The standard InChI is InChI=1S/C14H23N3O5/c1-19-7-8-22-9-11-12(14(18)20-2)16-17(13(11)15)10-3-5-21-6-4-10/h10H,3-9,15H2,1-2H3. The smallest absolute Gasteiger partial charge is 0.359 e. The summed E-state index contributed by atoms with van der Waals surface area (Å²) >= 11 is 0. The number of aromatic nitrogens is 2. The van der Waals surface area contributed by atoms with Crippen molar-refractivity contribution in [3.63, 3.8) is 0 Å². The summed E-state index contributed by atoms with van der Waals surface area (Å²) in [4.78, 5) is 11.9. The van der Waals surface area contributed by atoms with Gasteiger partial charge in [0.2, 0.25) is 0 Å². The maximum atomic E-state index is 11.9. The highest BCUT2D eigenvalue weighted by Gasteiger charge is 2.26. The lowest BCUT2D eigenvalue weighted by atomic mass is 10.1. The zero-order valence-electron chi connectivity index (χ0n) is 13.0. The van der Waals surface area contributed by atoms with E-state index in [2.05, 4.69) is 5.10 Å². The average molecular weight is 313 g/mol. The number of ether oxygens (including phenoxy) is 4. The van der Waals surface area contributed by atoms with Crippen molar-refractivity contribution in [1.82, 2.24) is 9.78 Å². The van der Waals surface area contributed by atoms with E-state index in [1.807, 2.05) is 0 Å². The molecule has 1 aliphatic heterocycles. The summed E-state index contributed by atoms with van der Waals surface area (Å²) in [5.41, 5.74) is 6.96. The van der Waals surface area contributed by atoms with E-state index < -0.39 is 5.97 Å². The van der Waals surface area contributed by atoms with Crippen molar-refractivity contribution < 1.29 is 23.7 Å². The van der Waals surface area contributed by atoms with E-state index in [-0.39, 0.29) is 18.3 Å². The van der Waals surface area contributed by atoms with Gasteiger partial charge in [0.15, 0.2) is 5.69 Å². The van der Waals surface area contributed by atoms with Gasteiger partial charge in [0.05, 0.1) is 38.5 Å². The lowest BCUT2D eigenvalue weighted by molar-refractivity contribution is 0.0548. The molecule has 1 aromatic rings. The second-order valence-electron chi connectivity index (χ2n) is 5.04. The molecule has 1 saturated heterocycles. The molecular formula is C14H23N3O5. The number of hydrogen-bond donors (Lipinski definition) is 1. The fourth-order valence-electron chi connectivity index (χ4n) is 2.41.